The summed E-state index contributed by atoms with van der Waals surface area (Å²) >= 11 is 0. The maximum absolute atomic E-state index is 12.0. The second-order valence-electron chi connectivity index (χ2n) is 8.50. The zero-order valence-corrected chi connectivity index (χ0v) is 19.4. The third kappa shape index (κ3) is 4.91. The van der Waals surface area contributed by atoms with Crippen LogP contribution in [0.5, 0.6) is 0 Å². The lowest BCUT2D eigenvalue weighted by atomic mass is 10.2. The standard InChI is InChI=1S/C25H26N8O2/c1-16(34)28-19-7-9-20(10-8-19)29-24-22-25(31-23(30-24)17-4-2-5-18(26)14-17)33(15-27-22)13-12-32-11-3-6-21(32)35/h2,4-5,7-10,14-15H,3,6,11-13,26H2,1H3,(H,28,34)(H,29,30,31). The molecule has 1 aliphatic heterocycles. The van der Waals surface area contributed by atoms with Crippen molar-refractivity contribution in [1.82, 2.24) is 24.4 Å². The highest BCUT2D eigenvalue weighted by Crippen LogP contribution is 2.28. The molecule has 5 rings (SSSR count). The van der Waals surface area contributed by atoms with Crippen LogP contribution in [0, 0.1) is 0 Å². The summed E-state index contributed by atoms with van der Waals surface area (Å²) in [5.74, 6) is 1.13. The second kappa shape index (κ2) is 9.41. The van der Waals surface area contributed by atoms with E-state index in [1.807, 2.05) is 58.0 Å². The van der Waals surface area contributed by atoms with E-state index < -0.39 is 0 Å². The minimum Gasteiger partial charge on any atom is -0.399 e. The molecule has 0 aliphatic carbocycles. The maximum Gasteiger partial charge on any atom is 0.222 e. The van der Waals surface area contributed by atoms with Gasteiger partial charge in [-0.25, -0.2) is 15.0 Å². The van der Waals surface area contributed by atoms with Crippen molar-refractivity contribution in [1.29, 1.82) is 0 Å². The molecule has 4 aromatic rings. The number of nitrogens with zero attached hydrogens (tertiary/aromatic N) is 5. The van der Waals surface area contributed by atoms with Crippen molar-refractivity contribution < 1.29 is 9.59 Å². The van der Waals surface area contributed by atoms with Crippen molar-refractivity contribution in [2.24, 2.45) is 0 Å². The number of nitrogens with one attached hydrogen (secondary N) is 2. The van der Waals surface area contributed by atoms with Crippen molar-refractivity contribution in [2.45, 2.75) is 26.3 Å². The number of fused-ring (bicyclic) bond motifs is 1. The normalized spacial score (nSPS) is 13.4. The predicted octanol–water partition coefficient (Wildman–Crippen LogP) is 3.40. The number of likely N-dealkylation sites (tertiary alicyclic amines) is 1. The molecule has 0 saturated carbocycles. The molecule has 0 radical (unpaired) electrons. The van der Waals surface area contributed by atoms with Crippen LogP contribution >= 0.6 is 0 Å². The van der Waals surface area contributed by atoms with E-state index in [1.165, 1.54) is 6.92 Å². The van der Waals surface area contributed by atoms with Crippen molar-refractivity contribution in [2.75, 3.05) is 29.5 Å². The Labute approximate surface area is 202 Å². The Kier molecular flexibility index (Phi) is 6.01. The van der Waals surface area contributed by atoms with Crippen LogP contribution < -0.4 is 16.4 Å². The van der Waals surface area contributed by atoms with Crippen molar-refractivity contribution in [3.05, 3.63) is 54.9 Å². The molecule has 0 unspecified atom stereocenters. The third-order valence-corrected chi connectivity index (χ3v) is 5.86. The van der Waals surface area contributed by atoms with Gasteiger partial charge < -0.3 is 25.8 Å². The molecule has 178 valence electrons. The molecule has 1 fully saturated rings. The first-order valence-electron chi connectivity index (χ1n) is 11.5. The van der Waals surface area contributed by atoms with Gasteiger partial charge in [0.25, 0.3) is 0 Å². The average Bonchev–Trinajstić information content (AvgIpc) is 3.44. The monoisotopic (exact) mass is 470 g/mol. The van der Waals surface area contributed by atoms with Gasteiger partial charge in [0.2, 0.25) is 11.8 Å². The number of nitrogens with two attached hydrogens (primary N) is 1. The molecular formula is C25H26N8O2. The lowest BCUT2D eigenvalue weighted by Gasteiger charge is -2.16. The first-order chi connectivity index (χ1) is 17.0. The SMILES string of the molecule is CC(=O)Nc1ccc(Nc2nc(-c3cccc(N)c3)nc3c2ncn3CCN2CCCC2=O)cc1. The highest BCUT2D eigenvalue weighted by Gasteiger charge is 2.21. The van der Waals surface area contributed by atoms with Crippen LogP contribution in [0.1, 0.15) is 19.8 Å². The van der Waals surface area contributed by atoms with Crippen LogP contribution in [0.2, 0.25) is 0 Å². The van der Waals surface area contributed by atoms with Crippen LogP contribution in [0.25, 0.3) is 22.6 Å². The summed E-state index contributed by atoms with van der Waals surface area (Å²) in [5.41, 5.74) is 10.2. The second-order valence-corrected chi connectivity index (χ2v) is 8.50. The Balaban J connectivity index is 1.50. The van der Waals surface area contributed by atoms with Gasteiger partial charge in [0.15, 0.2) is 22.8 Å². The van der Waals surface area contributed by atoms with Gasteiger partial charge in [-0.1, -0.05) is 12.1 Å². The molecule has 0 atom stereocenters. The molecule has 1 saturated heterocycles. The van der Waals surface area contributed by atoms with Gasteiger partial charge in [-0.15, -0.1) is 0 Å². The van der Waals surface area contributed by atoms with Gasteiger partial charge in [0.05, 0.1) is 6.33 Å². The van der Waals surface area contributed by atoms with Gasteiger partial charge in [-0.05, 0) is 42.8 Å². The topological polar surface area (TPSA) is 131 Å². The number of carbonyl (C=O) groups is 2. The van der Waals surface area contributed by atoms with E-state index in [1.54, 1.807) is 6.33 Å². The van der Waals surface area contributed by atoms with Crippen molar-refractivity contribution in [3.63, 3.8) is 0 Å². The van der Waals surface area contributed by atoms with E-state index in [4.69, 9.17) is 15.7 Å². The predicted molar refractivity (Wildman–Crippen MR) is 135 cm³/mol. The Morgan fingerprint density at radius 2 is 1.89 bits per heavy atom. The summed E-state index contributed by atoms with van der Waals surface area (Å²) in [6, 6.07) is 14.8. The van der Waals surface area contributed by atoms with Crippen LogP contribution in [0.15, 0.2) is 54.9 Å². The summed E-state index contributed by atoms with van der Waals surface area (Å²) < 4.78 is 1.95. The van der Waals surface area contributed by atoms with Gasteiger partial charge >= 0.3 is 0 Å². The molecule has 35 heavy (non-hydrogen) atoms. The first kappa shape index (κ1) is 22.3. The fraction of sp³-hybridized carbons (Fsp3) is 0.240. The highest BCUT2D eigenvalue weighted by molar-refractivity contribution is 5.90. The third-order valence-electron chi connectivity index (χ3n) is 5.86. The minimum absolute atomic E-state index is 0.129. The molecule has 2 aromatic carbocycles. The smallest absolute Gasteiger partial charge is 0.222 e. The Morgan fingerprint density at radius 1 is 1.09 bits per heavy atom. The summed E-state index contributed by atoms with van der Waals surface area (Å²) in [6.45, 7) is 3.45. The first-order valence-corrected chi connectivity index (χ1v) is 11.5. The number of aromatic nitrogens is 4. The minimum atomic E-state index is -0.129. The van der Waals surface area contributed by atoms with Crippen molar-refractivity contribution in [3.8, 4) is 11.4 Å². The van der Waals surface area contributed by atoms with Gasteiger partial charge in [-0.2, -0.15) is 0 Å². The van der Waals surface area contributed by atoms with E-state index >= 15 is 0 Å². The molecule has 2 amide bonds. The van der Waals surface area contributed by atoms with E-state index in [0.29, 0.717) is 53.7 Å². The number of benzene rings is 2. The van der Waals surface area contributed by atoms with Crippen LogP contribution in [0.4, 0.5) is 22.9 Å². The number of imidazole rings is 1. The number of anilines is 4. The van der Waals surface area contributed by atoms with Gasteiger partial charge in [0, 0.05) is 55.6 Å². The Bertz CT molecular complexity index is 1400. The van der Waals surface area contributed by atoms with Gasteiger partial charge in [-0.3, -0.25) is 9.59 Å². The average molecular weight is 471 g/mol. The molecule has 4 N–H and O–H groups in total. The summed E-state index contributed by atoms with van der Waals surface area (Å²) in [5, 5.41) is 6.09. The fourth-order valence-corrected chi connectivity index (χ4v) is 4.15. The van der Waals surface area contributed by atoms with Crippen LogP contribution in [-0.4, -0.2) is 49.3 Å². The van der Waals surface area contributed by atoms with Gasteiger partial charge in [0.1, 0.15) is 0 Å². The molecule has 10 nitrogen and oxygen atoms in total. The lowest BCUT2D eigenvalue weighted by molar-refractivity contribution is -0.127. The highest BCUT2D eigenvalue weighted by atomic mass is 16.2. The van der Waals surface area contributed by atoms with E-state index in [-0.39, 0.29) is 11.8 Å². The van der Waals surface area contributed by atoms with Crippen molar-refractivity contribution >= 4 is 45.9 Å². The van der Waals surface area contributed by atoms with E-state index in [2.05, 4.69) is 15.6 Å². The molecule has 1 aliphatic rings. The maximum atomic E-state index is 12.0. The van der Waals surface area contributed by atoms with E-state index in [9.17, 15) is 9.59 Å². The quantitative estimate of drug-likeness (QED) is 0.353. The molecule has 0 spiro atoms. The summed E-state index contributed by atoms with van der Waals surface area (Å²) in [7, 11) is 0. The number of nitrogen functional groups attached to an aromatic ring is 1. The largest absolute Gasteiger partial charge is 0.399 e. The lowest BCUT2D eigenvalue weighted by Crippen LogP contribution is -2.28. The molecule has 2 aromatic heterocycles. The molecular weight excluding hydrogens is 444 g/mol. The number of hydrogen-bond acceptors (Lipinski definition) is 7. The summed E-state index contributed by atoms with van der Waals surface area (Å²) in [4.78, 5) is 39.4. The fourth-order valence-electron chi connectivity index (χ4n) is 4.15. The van der Waals surface area contributed by atoms with Crippen LogP contribution in [0.3, 0.4) is 0 Å². The number of carbonyl (C=O) groups excluding carboxylic acids is 2. The molecule has 3 heterocycles. The molecule has 0 bridgehead atoms. The summed E-state index contributed by atoms with van der Waals surface area (Å²) in [6.07, 6.45) is 3.25. The van der Waals surface area contributed by atoms with E-state index in [0.717, 1.165) is 24.2 Å². The zero-order chi connectivity index (χ0) is 24.4. The van der Waals surface area contributed by atoms with Crippen LogP contribution in [-0.2, 0) is 16.1 Å². The number of rotatable bonds is 7. The Morgan fingerprint density at radius 3 is 2.60 bits per heavy atom. The number of amides is 2. The zero-order valence-electron chi connectivity index (χ0n) is 19.4. The number of hydrogen-bond donors (Lipinski definition) is 3. The molecule has 10 heteroatoms. The Hall–Kier alpha value is -4.47.